The molecule has 0 saturated heterocycles. The third kappa shape index (κ3) is 7.39. The second kappa shape index (κ2) is 14.7. The van der Waals surface area contributed by atoms with Crippen LogP contribution in [-0.2, 0) is 39.6 Å². The van der Waals surface area contributed by atoms with Crippen LogP contribution in [-0.4, -0.2) is 76.0 Å². The number of anilines is 1. The van der Waals surface area contributed by atoms with Gasteiger partial charge in [0.25, 0.3) is 5.91 Å². The number of carbonyl (C=O) groups is 1. The molecule has 53 heavy (non-hydrogen) atoms. The van der Waals surface area contributed by atoms with Crippen LogP contribution < -0.4 is 14.4 Å². The summed E-state index contributed by atoms with van der Waals surface area (Å²) in [5, 5.41) is -0.0879. The Labute approximate surface area is 319 Å². The van der Waals surface area contributed by atoms with Crippen LogP contribution in [0.3, 0.4) is 0 Å². The van der Waals surface area contributed by atoms with E-state index in [1.807, 2.05) is 46.1 Å². The number of nitrogens with zero attached hydrogens (tertiary/aromatic N) is 3. The first kappa shape index (κ1) is 37.9. The van der Waals surface area contributed by atoms with Crippen molar-refractivity contribution in [1.82, 2.24) is 14.6 Å². The zero-order chi connectivity index (χ0) is 37.7. The van der Waals surface area contributed by atoms with Gasteiger partial charge in [-0.15, -0.1) is 0 Å². The summed E-state index contributed by atoms with van der Waals surface area (Å²) in [6.07, 6.45) is 10.0. The average molecular weight is 765 g/mol. The fraction of sp³-hybridized carbons (Fsp3) is 0.561. The van der Waals surface area contributed by atoms with Crippen molar-refractivity contribution >= 4 is 33.2 Å². The number of rotatable bonds is 5. The first-order valence-electron chi connectivity index (χ1n) is 18.9. The molecule has 12 heteroatoms. The highest BCUT2D eigenvalue weighted by molar-refractivity contribution is 7.90. The zero-order valence-electron chi connectivity index (χ0n) is 31.8. The number of sulfonamides is 1. The molecule has 1 N–H and O–H groups in total. The molecule has 6 atom stereocenters. The third-order valence-corrected chi connectivity index (χ3v) is 14.6. The molecule has 1 saturated carbocycles. The van der Waals surface area contributed by atoms with Crippen molar-refractivity contribution in [1.29, 1.82) is 0 Å². The number of ether oxygens (including phenoxy) is 2. The van der Waals surface area contributed by atoms with E-state index in [-0.39, 0.29) is 28.7 Å². The highest BCUT2D eigenvalue weighted by atomic mass is 35.5. The molecule has 3 heterocycles. The molecule has 7 rings (SSSR count). The Morgan fingerprint density at radius 1 is 1.15 bits per heavy atom. The number of allylic oxidation sites excluding steroid dienone is 1. The molecule has 2 aromatic carbocycles. The lowest BCUT2D eigenvalue weighted by Gasteiger charge is -2.50. The van der Waals surface area contributed by atoms with Crippen LogP contribution >= 0.6 is 11.6 Å². The summed E-state index contributed by atoms with van der Waals surface area (Å²) in [6, 6.07) is 11.5. The molecule has 2 aliphatic heterocycles. The molecular formula is C41H53ClN4O6S. The van der Waals surface area contributed by atoms with E-state index in [0.29, 0.717) is 50.7 Å². The van der Waals surface area contributed by atoms with E-state index in [1.165, 1.54) is 11.1 Å². The Morgan fingerprint density at radius 3 is 2.70 bits per heavy atom. The number of oxazole rings is 1. The van der Waals surface area contributed by atoms with Crippen molar-refractivity contribution in [2.45, 2.75) is 88.5 Å². The molecule has 3 aromatic rings. The van der Waals surface area contributed by atoms with Gasteiger partial charge in [-0.25, -0.2) is 18.1 Å². The minimum Gasteiger partial charge on any atom is -0.490 e. The smallest absolute Gasteiger partial charge is 0.264 e. The van der Waals surface area contributed by atoms with E-state index in [2.05, 4.69) is 38.8 Å². The molecule has 0 radical (unpaired) electrons. The van der Waals surface area contributed by atoms with E-state index in [9.17, 15) is 13.2 Å². The molecule has 1 aromatic heterocycles. The summed E-state index contributed by atoms with van der Waals surface area (Å²) < 4.78 is 49.1. The van der Waals surface area contributed by atoms with Crippen LogP contribution in [0.1, 0.15) is 84.8 Å². The lowest BCUT2D eigenvalue weighted by Crippen LogP contribution is -2.54. The monoisotopic (exact) mass is 764 g/mol. The largest absolute Gasteiger partial charge is 0.490 e. The highest BCUT2D eigenvalue weighted by Crippen LogP contribution is 2.50. The summed E-state index contributed by atoms with van der Waals surface area (Å²) in [5.74, 6) is 1.58. The summed E-state index contributed by atoms with van der Waals surface area (Å²) in [5.41, 5.74) is 3.46. The fourth-order valence-corrected chi connectivity index (χ4v) is 10.6. The van der Waals surface area contributed by atoms with Crippen molar-refractivity contribution in [2.75, 3.05) is 45.8 Å². The molecule has 4 aliphatic rings. The van der Waals surface area contributed by atoms with E-state index < -0.39 is 26.8 Å². The maximum atomic E-state index is 13.6. The van der Waals surface area contributed by atoms with Crippen LogP contribution in [0.2, 0.25) is 5.02 Å². The lowest BCUT2D eigenvalue weighted by molar-refractivity contribution is -0.0777. The second-order valence-corrected chi connectivity index (χ2v) is 18.7. The average Bonchev–Trinajstić information content (AvgIpc) is 3.35. The predicted octanol–water partition coefficient (Wildman–Crippen LogP) is 6.87. The van der Waals surface area contributed by atoms with Gasteiger partial charge in [-0.2, -0.15) is 0 Å². The Morgan fingerprint density at radius 2 is 1.96 bits per heavy atom. The first-order valence-corrected chi connectivity index (χ1v) is 20.8. The van der Waals surface area contributed by atoms with Gasteiger partial charge in [0, 0.05) is 42.7 Å². The van der Waals surface area contributed by atoms with E-state index in [1.54, 1.807) is 20.1 Å². The summed E-state index contributed by atoms with van der Waals surface area (Å²) in [6.45, 7) is 8.06. The van der Waals surface area contributed by atoms with Gasteiger partial charge in [0.1, 0.15) is 11.5 Å². The van der Waals surface area contributed by atoms with Gasteiger partial charge in [-0.05, 0) is 126 Å². The number of halogens is 1. The van der Waals surface area contributed by atoms with E-state index in [0.717, 1.165) is 54.3 Å². The summed E-state index contributed by atoms with van der Waals surface area (Å²) in [4.78, 5) is 23.0. The van der Waals surface area contributed by atoms with Crippen molar-refractivity contribution in [3.8, 4) is 5.75 Å². The lowest BCUT2D eigenvalue weighted by atomic mass is 9.63. The number of hydrogen-bond acceptors (Lipinski definition) is 9. The van der Waals surface area contributed by atoms with E-state index >= 15 is 0 Å². The number of benzene rings is 2. The number of methoxy groups -OCH3 is 1. The maximum Gasteiger partial charge on any atom is 0.264 e. The number of amides is 1. The topological polar surface area (TPSA) is 114 Å². The van der Waals surface area contributed by atoms with Gasteiger partial charge in [-0.1, -0.05) is 36.7 Å². The SMILES string of the molecule is CO[C@@]1(Cc2nc(CN(C)C)c(C)o2)/C=C/C[C@H](C)[C@@H](C)S(=O)(=O)NC(=O)c2ccc3c(c2)N(C[C@@H]2CC[C@H]21)C[C@@]1(CCCc2cc(Cl)ccc21)CO3. The van der Waals surface area contributed by atoms with Gasteiger partial charge in [-0.3, -0.25) is 4.79 Å². The Bertz CT molecular complexity index is 2000. The normalized spacial score (nSPS) is 30.4. The molecule has 2 aliphatic carbocycles. The molecular weight excluding hydrogens is 712 g/mol. The fourth-order valence-electron chi connectivity index (χ4n) is 9.08. The highest BCUT2D eigenvalue weighted by Gasteiger charge is 2.50. The van der Waals surface area contributed by atoms with Crippen molar-refractivity contribution in [3.05, 3.63) is 87.6 Å². The number of hydrogen-bond donors (Lipinski definition) is 1. The van der Waals surface area contributed by atoms with Crippen LogP contribution in [0.15, 0.2) is 53.0 Å². The van der Waals surface area contributed by atoms with Crippen LogP contribution in [0, 0.1) is 24.7 Å². The number of carbonyl (C=O) groups excluding carboxylic acids is 1. The van der Waals surface area contributed by atoms with Gasteiger partial charge >= 0.3 is 0 Å². The molecule has 10 nitrogen and oxygen atoms in total. The summed E-state index contributed by atoms with van der Waals surface area (Å²) in [7, 11) is 1.81. The zero-order valence-corrected chi connectivity index (χ0v) is 33.4. The number of aromatic nitrogens is 1. The molecule has 1 amide bonds. The molecule has 0 unspecified atom stereocenters. The molecule has 286 valence electrons. The standard InChI is InChI=1S/C41H53ClN4O6S/c1-26-9-7-18-41(50-6,21-38-43-35(23-45(4)5)27(2)52-38)34-14-11-31(34)22-46-24-40(17-8-10-29-19-32(42)13-15-33(29)40)25-51-37-16-12-30(20-36(37)46)39(47)44-53(48,49)28(26)3/h7,12-13,15-16,18-20,26,28,31,34H,8-11,14,17,21-25H2,1-6H3,(H,44,47)/b18-7+/t26-,28+,31-,34+,40-,41+/m0/s1. The van der Waals surface area contributed by atoms with Crippen LogP contribution in [0.25, 0.3) is 0 Å². The molecule has 1 fully saturated rings. The van der Waals surface area contributed by atoms with Crippen molar-refractivity contribution < 1.29 is 27.1 Å². The second-order valence-electron chi connectivity index (χ2n) is 16.2. The van der Waals surface area contributed by atoms with Gasteiger partial charge in [0.05, 0.1) is 35.3 Å². The Hall–Kier alpha value is -3.38. The van der Waals surface area contributed by atoms with Gasteiger partial charge in [0.15, 0.2) is 5.89 Å². The van der Waals surface area contributed by atoms with Crippen LogP contribution in [0.4, 0.5) is 5.69 Å². The van der Waals surface area contributed by atoms with Gasteiger partial charge in [0.2, 0.25) is 10.0 Å². The van der Waals surface area contributed by atoms with Crippen LogP contribution in [0.5, 0.6) is 5.75 Å². The Kier molecular flexibility index (Phi) is 10.5. The minimum absolute atomic E-state index is 0.130. The minimum atomic E-state index is -3.99. The first-order chi connectivity index (χ1) is 25.2. The number of fused-ring (bicyclic) bond motifs is 4. The molecule has 1 spiro atoms. The number of nitrogens with one attached hydrogen (secondary N) is 1. The van der Waals surface area contributed by atoms with Gasteiger partial charge < -0.3 is 23.7 Å². The number of aryl methyl sites for hydroxylation is 2. The maximum absolute atomic E-state index is 13.6. The molecule has 2 bridgehead atoms. The quantitative estimate of drug-likeness (QED) is 0.278. The Balaban J connectivity index is 1.32. The predicted molar refractivity (Wildman–Crippen MR) is 207 cm³/mol. The summed E-state index contributed by atoms with van der Waals surface area (Å²) >= 11 is 6.49. The third-order valence-electron chi connectivity index (χ3n) is 12.4. The van der Waals surface area contributed by atoms with Crippen molar-refractivity contribution in [3.63, 3.8) is 0 Å². The van der Waals surface area contributed by atoms with Crippen molar-refractivity contribution in [2.24, 2.45) is 17.8 Å². The van der Waals surface area contributed by atoms with E-state index in [4.69, 9.17) is 30.5 Å².